The second-order valence-corrected chi connectivity index (χ2v) is 10.2. The van der Waals surface area contributed by atoms with E-state index in [0.29, 0.717) is 40.3 Å². The summed E-state index contributed by atoms with van der Waals surface area (Å²) in [5.41, 5.74) is 3.39. The minimum absolute atomic E-state index is 0.0467. The Morgan fingerprint density at radius 3 is 2.39 bits per heavy atom. The van der Waals surface area contributed by atoms with E-state index in [0.717, 1.165) is 24.0 Å². The lowest BCUT2D eigenvalue weighted by atomic mass is 10.0. The lowest BCUT2D eigenvalue weighted by Gasteiger charge is -2.14. The first-order valence-corrected chi connectivity index (χ1v) is 12.1. The number of likely N-dealkylation sites (tertiary alicyclic amines) is 1. The first-order chi connectivity index (χ1) is 14.6. The molecule has 2 aromatic carbocycles. The molecule has 31 heavy (non-hydrogen) atoms. The Morgan fingerprint density at radius 2 is 1.71 bits per heavy atom. The van der Waals surface area contributed by atoms with E-state index < -0.39 is 10.0 Å². The topological polar surface area (TPSA) is 79.6 Å². The van der Waals surface area contributed by atoms with Crippen molar-refractivity contribution < 1.29 is 17.6 Å². The van der Waals surface area contributed by atoms with Crippen molar-refractivity contribution in [3.63, 3.8) is 0 Å². The van der Waals surface area contributed by atoms with Crippen molar-refractivity contribution in [1.29, 1.82) is 0 Å². The van der Waals surface area contributed by atoms with E-state index in [2.05, 4.69) is 4.72 Å². The average molecular weight is 461 g/mol. The molecular weight excluding hydrogens is 436 g/mol. The van der Waals surface area contributed by atoms with Crippen LogP contribution >= 0.6 is 11.6 Å². The molecule has 4 rings (SSSR count). The average Bonchev–Trinajstić information content (AvgIpc) is 3.34. The van der Waals surface area contributed by atoms with Gasteiger partial charge in [0.15, 0.2) is 11.3 Å². The Bertz CT molecular complexity index is 1310. The number of aryl methyl sites for hydroxylation is 3. The summed E-state index contributed by atoms with van der Waals surface area (Å²) in [4.78, 5) is 14.8. The van der Waals surface area contributed by atoms with E-state index >= 15 is 0 Å². The minimum atomic E-state index is -4.01. The third-order valence-corrected chi connectivity index (χ3v) is 7.75. The predicted molar refractivity (Wildman–Crippen MR) is 123 cm³/mol. The first kappa shape index (κ1) is 21.7. The smallest absolute Gasteiger partial charge is 0.289 e. The third-order valence-electron chi connectivity index (χ3n) is 5.99. The molecule has 1 saturated heterocycles. The van der Waals surface area contributed by atoms with Crippen molar-refractivity contribution in [2.24, 2.45) is 0 Å². The molecule has 0 atom stereocenters. The third kappa shape index (κ3) is 3.81. The largest absolute Gasteiger partial charge is 0.449 e. The van der Waals surface area contributed by atoms with Crippen molar-refractivity contribution in [1.82, 2.24) is 4.90 Å². The Balaban J connectivity index is 1.88. The van der Waals surface area contributed by atoms with Gasteiger partial charge in [-0.3, -0.25) is 9.52 Å². The summed E-state index contributed by atoms with van der Waals surface area (Å²) in [6.45, 7) is 8.58. The zero-order valence-electron chi connectivity index (χ0n) is 18.0. The first-order valence-electron chi connectivity index (χ1n) is 10.2. The number of benzene rings is 2. The van der Waals surface area contributed by atoms with Gasteiger partial charge in [0.2, 0.25) is 0 Å². The van der Waals surface area contributed by atoms with E-state index in [-0.39, 0.29) is 22.1 Å². The molecule has 0 saturated carbocycles. The molecule has 0 aliphatic carbocycles. The van der Waals surface area contributed by atoms with E-state index in [1.165, 1.54) is 0 Å². The van der Waals surface area contributed by atoms with Crippen molar-refractivity contribution in [3.05, 3.63) is 57.3 Å². The molecule has 8 heteroatoms. The molecule has 164 valence electrons. The number of carbonyl (C=O) groups excluding carboxylic acids is 1. The van der Waals surface area contributed by atoms with E-state index in [1.807, 2.05) is 13.0 Å². The Kier molecular flexibility index (Phi) is 5.52. The summed E-state index contributed by atoms with van der Waals surface area (Å²) >= 11 is 6.07. The number of carbonyl (C=O) groups is 1. The molecule has 1 aliphatic heterocycles. The van der Waals surface area contributed by atoms with Crippen LogP contribution in [0.1, 0.15) is 45.7 Å². The highest BCUT2D eigenvalue weighted by molar-refractivity contribution is 7.93. The summed E-state index contributed by atoms with van der Waals surface area (Å²) < 4.78 is 35.6. The van der Waals surface area contributed by atoms with Crippen LogP contribution in [0, 0.1) is 27.7 Å². The lowest BCUT2D eigenvalue weighted by molar-refractivity contribution is 0.0762. The van der Waals surface area contributed by atoms with E-state index in [1.54, 1.807) is 43.9 Å². The molecule has 1 fully saturated rings. The number of sulfonamides is 1. The van der Waals surface area contributed by atoms with Crippen LogP contribution < -0.4 is 4.72 Å². The number of nitrogens with one attached hydrogen (secondary N) is 1. The fourth-order valence-electron chi connectivity index (χ4n) is 4.03. The second-order valence-electron chi connectivity index (χ2n) is 8.14. The van der Waals surface area contributed by atoms with Crippen LogP contribution in [0.4, 0.5) is 5.69 Å². The standard InChI is InChI=1S/C23H25ClN2O4S/c1-13-7-8-17(24)12-19(13)25-31(28,29)22-15(3)14(2)11-18-16(4)20(30-21(18)22)23(27)26-9-5-6-10-26/h7-8,11-12,25H,5-6,9-10H2,1-4H3. The fourth-order valence-corrected chi connectivity index (χ4v) is 5.78. The molecule has 0 spiro atoms. The van der Waals surface area contributed by atoms with Gasteiger partial charge >= 0.3 is 0 Å². The molecule has 1 aromatic heterocycles. The number of furan rings is 1. The molecule has 0 radical (unpaired) electrons. The molecule has 1 N–H and O–H groups in total. The summed E-state index contributed by atoms with van der Waals surface area (Å²) in [6, 6.07) is 6.92. The highest BCUT2D eigenvalue weighted by atomic mass is 35.5. The summed E-state index contributed by atoms with van der Waals surface area (Å²) in [7, 11) is -4.01. The van der Waals surface area contributed by atoms with Gasteiger partial charge in [0.1, 0.15) is 4.90 Å². The van der Waals surface area contributed by atoms with E-state index in [4.69, 9.17) is 16.0 Å². The van der Waals surface area contributed by atoms with Gasteiger partial charge in [-0.1, -0.05) is 17.7 Å². The lowest BCUT2D eigenvalue weighted by Crippen LogP contribution is -2.27. The van der Waals surface area contributed by atoms with Crippen LogP contribution in [0.15, 0.2) is 33.6 Å². The predicted octanol–water partition coefficient (Wildman–Crippen LogP) is 5.36. The van der Waals surface area contributed by atoms with Gasteiger partial charge in [-0.15, -0.1) is 0 Å². The number of fused-ring (bicyclic) bond motifs is 1. The Hall–Kier alpha value is -2.51. The zero-order valence-corrected chi connectivity index (χ0v) is 19.6. The summed E-state index contributed by atoms with van der Waals surface area (Å²) in [5.74, 6) is 0.0146. The van der Waals surface area contributed by atoms with Gasteiger partial charge in [-0.2, -0.15) is 0 Å². The Morgan fingerprint density at radius 1 is 1.03 bits per heavy atom. The van der Waals surface area contributed by atoms with Gasteiger partial charge in [0, 0.05) is 29.1 Å². The number of amides is 1. The number of rotatable bonds is 4. The van der Waals surface area contributed by atoms with Gasteiger partial charge in [-0.25, -0.2) is 8.42 Å². The summed E-state index contributed by atoms with van der Waals surface area (Å²) in [5, 5.41) is 1.07. The maximum absolute atomic E-state index is 13.5. The highest BCUT2D eigenvalue weighted by Crippen LogP contribution is 2.36. The maximum atomic E-state index is 13.5. The van der Waals surface area contributed by atoms with Crippen LogP contribution in [0.25, 0.3) is 11.0 Å². The number of halogens is 1. The van der Waals surface area contributed by atoms with Crippen molar-refractivity contribution in [2.45, 2.75) is 45.4 Å². The molecule has 1 aliphatic rings. The maximum Gasteiger partial charge on any atom is 0.289 e. The van der Waals surface area contributed by atoms with Crippen LogP contribution in [0.3, 0.4) is 0 Å². The van der Waals surface area contributed by atoms with Crippen molar-refractivity contribution in [3.8, 4) is 0 Å². The zero-order chi connectivity index (χ0) is 22.5. The molecule has 0 unspecified atom stereocenters. The molecule has 2 heterocycles. The highest BCUT2D eigenvalue weighted by Gasteiger charge is 2.30. The molecule has 1 amide bonds. The fraction of sp³-hybridized carbons (Fsp3) is 0.348. The quantitative estimate of drug-likeness (QED) is 0.568. The Labute approximate surface area is 187 Å². The van der Waals surface area contributed by atoms with Crippen molar-refractivity contribution >= 4 is 44.2 Å². The molecule has 6 nitrogen and oxygen atoms in total. The van der Waals surface area contributed by atoms with Crippen LogP contribution in [-0.2, 0) is 10.0 Å². The molecule has 3 aromatic rings. The van der Waals surface area contributed by atoms with Gasteiger partial charge in [0.05, 0.1) is 5.69 Å². The summed E-state index contributed by atoms with van der Waals surface area (Å²) in [6.07, 6.45) is 1.93. The van der Waals surface area contributed by atoms with Crippen molar-refractivity contribution in [2.75, 3.05) is 17.8 Å². The minimum Gasteiger partial charge on any atom is -0.449 e. The molecule has 0 bridgehead atoms. The monoisotopic (exact) mass is 460 g/mol. The number of hydrogen-bond donors (Lipinski definition) is 1. The number of anilines is 1. The second kappa shape index (κ2) is 7.88. The van der Waals surface area contributed by atoms with E-state index in [9.17, 15) is 13.2 Å². The normalized spacial score (nSPS) is 14.4. The number of hydrogen-bond acceptors (Lipinski definition) is 4. The van der Waals surface area contributed by atoms with Gasteiger partial charge in [0.25, 0.3) is 15.9 Å². The van der Waals surface area contributed by atoms with Gasteiger partial charge in [-0.05, 0) is 75.4 Å². The number of nitrogens with zero attached hydrogens (tertiary/aromatic N) is 1. The van der Waals surface area contributed by atoms with Crippen LogP contribution in [0.5, 0.6) is 0 Å². The SMILES string of the molecule is Cc1ccc(Cl)cc1NS(=O)(=O)c1c(C)c(C)cc2c(C)c(C(=O)N3CCCC3)oc12. The molecular formula is C23H25ClN2O4S. The van der Waals surface area contributed by atoms with Crippen LogP contribution in [-0.4, -0.2) is 32.3 Å². The van der Waals surface area contributed by atoms with Crippen LogP contribution in [0.2, 0.25) is 5.02 Å². The van der Waals surface area contributed by atoms with Gasteiger partial charge < -0.3 is 9.32 Å².